The summed E-state index contributed by atoms with van der Waals surface area (Å²) in [4.78, 5) is 42.8. The number of amides is 2. The Morgan fingerprint density at radius 3 is 2.54 bits per heavy atom. The first-order chi connectivity index (χ1) is 16.8. The van der Waals surface area contributed by atoms with Crippen LogP contribution in [0.3, 0.4) is 0 Å². The molecule has 35 heavy (non-hydrogen) atoms. The van der Waals surface area contributed by atoms with E-state index in [0.717, 1.165) is 41.0 Å². The fourth-order valence-corrected chi connectivity index (χ4v) is 4.58. The van der Waals surface area contributed by atoms with E-state index in [4.69, 9.17) is 9.47 Å². The molecule has 0 saturated carbocycles. The van der Waals surface area contributed by atoms with Gasteiger partial charge in [-0.2, -0.15) is 0 Å². The van der Waals surface area contributed by atoms with Gasteiger partial charge >= 0.3 is 5.97 Å². The molecule has 1 atom stereocenters. The van der Waals surface area contributed by atoms with E-state index in [9.17, 15) is 14.4 Å². The van der Waals surface area contributed by atoms with Crippen molar-refractivity contribution in [3.63, 3.8) is 0 Å². The summed E-state index contributed by atoms with van der Waals surface area (Å²) in [5.41, 5.74) is 4.14. The number of carbonyl (C=O) groups excluding carboxylic acids is 3. The Balaban J connectivity index is 1.51. The zero-order chi connectivity index (χ0) is 25.4. The zero-order valence-electron chi connectivity index (χ0n) is 21.2. The molecule has 8 nitrogen and oxygen atoms in total. The molecule has 1 aromatic carbocycles. The standard InChI is InChI=1S/C27H37N3O5/c1-5-34-22-11-9-20(10-12-22)16-28-26(32)21-8-7-15-30(17-21)24(31)14-13-23-18(3)25(29-19(23)4)27(33)35-6-2/h9-12,21,29H,5-8,13-17H2,1-4H3,(H,28,32)/t21-/m1/s1. The third kappa shape index (κ3) is 6.87. The molecule has 1 aliphatic rings. The Morgan fingerprint density at radius 1 is 1.11 bits per heavy atom. The number of piperidine rings is 1. The van der Waals surface area contributed by atoms with E-state index >= 15 is 0 Å². The first-order valence-corrected chi connectivity index (χ1v) is 12.5. The summed E-state index contributed by atoms with van der Waals surface area (Å²) in [6.45, 7) is 9.98. The number of aryl methyl sites for hydroxylation is 1. The van der Waals surface area contributed by atoms with Gasteiger partial charge in [-0.1, -0.05) is 12.1 Å². The molecule has 0 unspecified atom stereocenters. The van der Waals surface area contributed by atoms with E-state index in [-0.39, 0.29) is 23.7 Å². The fraction of sp³-hybridized carbons (Fsp3) is 0.519. The van der Waals surface area contributed by atoms with E-state index < -0.39 is 0 Å². The van der Waals surface area contributed by atoms with Crippen molar-refractivity contribution < 1.29 is 23.9 Å². The molecule has 0 spiro atoms. The smallest absolute Gasteiger partial charge is 0.355 e. The lowest BCUT2D eigenvalue weighted by atomic mass is 9.96. The number of likely N-dealkylation sites (tertiary alicyclic amines) is 1. The molecule has 2 heterocycles. The molecule has 2 aromatic rings. The predicted molar refractivity (Wildman–Crippen MR) is 133 cm³/mol. The largest absolute Gasteiger partial charge is 0.494 e. The van der Waals surface area contributed by atoms with Gasteiger partial charge in [0.05, 0.1) is 19.1 Å². The van der Waals surface area contributed by atoms with Crippen LogP contribution in [-0.4, -0.2) is 54.0 Å². The highest BCUT2D eigenvalue weighted by atomic mass is 16.5. The van der Waals surface area contributed by atoms with E-state index in [0.29, 0.717) is 51.4 Å². The molecular formula is C27H37N3O5. The minimum atomic E-state index is -0.374. The lowest BCUT2D eigenvalue weighted by molar-refractivity contribution is -0.135. The lowest BCUT2D eigenvalue weighted by Crippen LogP contribution is -2.45. The van der Waals surface area contributed by atoms with E-state index in [1.165, 1.54) is 0 Å². The molecule has 1 saturated heterocycles. The molecule has 8 heteroatoms. The van der Waals surface area contributed by atoms with Gasteiger partial charge in [-0.3, -0.25) is 9.59 Å². The summed E-state index contributed by atoms with van der Waals surface area (Å²) in [5, 5.41) is 3.01. The van der Waals surface area contributed by atoms with E-state index in [2.05, 4.69) is 10.3 Å². The molecule has 1 fully saturated rings. The molecule has 2 amide bonds. The van der Waals surface area contributed by atoms with Crippen molar-refractivity contribution in [1.29, 1.82) is 0 Å². The Hall–Kier alpha value is -3.29. The SMILES string of the molecule is CCOC(=O)c1[nH]c(C)c(CCC(=O)N2CCC[C@@H](C(=O)NCc3ccc(OCC)cc3)C2)c1C. The van der Waals surface area contributed by atoms with Crippen LogP contribution in [0.1, 0.15) is 66.0 Å². The van der Waals surface area contributed by atoms with Crippen molar-refractivity contribution >= 4 is 17.8 Å². The van der Waals surface area contributed by atoms with Crippen molar-refractivity contribution in [3.8, 4) is 5.75 Å². The number of aromatic amines is 1. The number of nitrogens with zero attached hydrogens (tertiary/aromatic N) is 1. The topological polar surface area (TPSA) is 101 Å². The van der Waals surface area contributed by atoms with Gasteiger partial charge in [-0.25, -0.2) is 4.79 Å². The molecule has 0 bridgehead atoms. The molecule has 0 aliphatic carbocycles. The first kappa shape index (κ1) is 26.3. The minimum absolute atomic E-state index is 0.0206. The summed E-state index contributed by atoms with van der Waals surface area (Å²) in [7, 11) is 0. The second-order valence-electron chi connectivity index (χ2n) is 8.92. The second kappa shape index (κ2) is 12.4. The van der Waals surface area contributed by atoms with E-state index in [1.54, 1.807) is 11.8 Å². The van der Waals surface area contributed by atoms with Gasteiger partial charge in [0.2, 0.25) is 11.8 Å². The van der Waals surface area contributed by atoms with Gasteiger partial charge in [0.1, 0.15) is 11.4 Å². The van der Waals surface area contributed by atoms with Crippen LogP contribution in [0.4, 0.5) is 0 Å². The quantitative estimate of drug-likeness (QED) is 0.502. The highest BCUT2D eigenvalue weighted by molar-refractivity contribution is 5.90. The average Bonchev–Trinajstić information content (AvgIpc) is 3.15. The Morgan fingerprint density at radius 2 is 1.86 bits per heavy atom. The Kier molecular flexibility index (Phi) is 9.34. The zero-order valence-corrected chi connectivity index (χ0v) is 21.2. The van der Waals surface area contributed by atoms with Crippen molar-refractivity contribution in [1.82, 2.24) is 15.2 Å². The van der Waals surface area contributed by atoms with Crippen molar-refractivity contribution in [3.05, 3.63) is 52.3 Å². The number of aromatic nitrogens is 1. The highest BCUT2D eigenvalue weighted by Crippen LogP contribution is 2.22. The summed E-state index contributed by atoms with van der Waals surface area (Å²) in [5.74, 6) is 0.244. The maximum atomic E-state index is 13.0. The number of hydrogen-bond acceptors (Lipinski definition) is 5. The van der Waals surface area contributed by atoms with Gasteiger partial charge in [0, 0.05) is 31.7 Å². The van der Waals surface area contributed by atoms with Crippen LogP contribution in [0.5, 0.6) is 5.75 Å². The van der Waals surface area contributed by atoms with Gasteiger partial charge < -0.3 is 24.7 Å². The number of carbonyl (C=O) groups is 3. The highest BCUT2D eigenvalue weighted by Gasteiger charge is 2.28. The van der Waals surface area contributed by atoms with Crippen molar-refractivity contribution in [2.24, 2.45) is 5.92 Å². The molecule has 1 aromatic heterocycles. The van der Waals surface area contributed by atoms with Crippen molar-refractivity contribution in [2.45, 2.75) is 59.9 Å². The number of nitrogens with one attached hydrogen (secondary N) is 2. The molecule has 190 valence electrons. The molecule has 3 rings (SSSR count). The van der Waals surface area contributed by atoms with Gasteiger partial charge in [-0.05, 0) is 75.8 Å². The first-order valence-electron chi connectivity index (χ1n) is 12.5. The number of ether oxygens (including phenoxy) is 2. The summed E-state index contributed by atoms with van der Waals surface area (Å²) in [6.07, 6.45) is 2.46. The number of rotatable bonds is 10. The van der Waals surface area contributed by atoms with Crippen LogP contribution in [0.25, 0.3) is 0 Å². The third-order valence-corrected chi connectivity index (χ3v) is 6.51. The molecule has 0 radical (unpaired) electrons. The van der Waals surface area contributed by atoms with E-state index in [1.807, 2.05) is 45.0 Å². The number of esters is 1. The van der Waals surface area contributed by atoms with Crippen LogP contribution in [0.2, 0.25) is 0 Å². The van der Waals surface area contributed by atoms with Gasteiger partial charge in [-0.15, -0.1) is 0 Å². The second-order valence-corrected chi connectivity index (χ2v) is 8.92. The number of benzene rings is 1. The number of hydrogen-bond donors (Lipinski definition) is 2. The minimum Gasteiger partial charge on any atom is -0.494 e. The van der Waals surface area contributed by atoms with Crippen LogP contribution >= 0.6 is 0 Å². The maximum absolute atomic E-state index is 13.0. The maximum Gasteiger partial charge on any atom is 0.355 e. The summed E-state index contributed by atoms with van der Waals surface area (Å²) >= 11 is 0. The summed E-state index contributed by atoms with van der Waals surface area (Å²) < 4.78 is 10.6. The fourth-order valence-electron chi connectivity index (χ4n) is 4.58. The molecule has 1 aliphatic heterocycles. The van der Waals surface area contributed by atoms with Crippen LogP contribution in [0.15, 0.2) is 24.3 Å². The van der Waals surface area contributed by atoms with Gasteiger partial charge in [0.25, 0.3) is 0 Å². The Labute approximate surface area is 207 Å². The van der Waals surface area contributed by atoms with Crippen LogP contribution in [0, 0.1) is 19.8 Å². The molecular weight excluding hydrogens is 446 g/mol. The number of H-pyrrole nitrogens is 1. The van der Waals surface area contributed by atoms with Gasteiger partial charge in [0.15, 0.2) is 0 Å². The molecule has 2 N–H and O–H groups in total. The summed E-state index contributed by atoms with van der Waals surface area (Å²) in [6, 6.07) is 7.69. The average molecular weight is 484 g/mol. The van der Waals surface area contributed by atoms with Crippen LogP contribution in [-0.2, 0) is 27.3 Å². The van der Waals surface area contributed by atoms with Crippen LogP contribution < -0.4 is 10.1 Å². The monoisotopic (exact) mass is 483 g/mol. The third-order valence-electron chi connectivity index (χ3n) is 6.51. The normalized spacial score (nSPS) is 15.5. The predicted octanol–water partition coefficient (Wildman–Crippen LogP) is 3.69. The lowest BCUT2D eigenvalue weighted by Gasteiger charge is -2.32. The Bertz CT molecular complexity index is 1030. The van der Waals surface area contributed by atoms with Crippen molar-refractivity contribution in [2.75, 3.05) is 26.3 Å².